The van der Waals surface area contributed by atoms with Gasteiger partial charge in [-0.15, -0.1) is 0 Å². The normalized spacial score (nSPS) is 18.2. The van der Waals surface area contributed by atoms with Gasteiger partial charge in [-0.3, -0.25) is 4.79 Å². The minimum absolute atomic E-state index is 0.105. The highest BCUT2D eigenvalue weighted by molar-refractivity contribution is 6.31. The van der Waals surface area contributed by atoms with E-state index in [0.717, 1.165) is 12.8 Å². The Bertz CT molecular complexity index is 628. The van der Waals surface area contributed by atoms with Crippen molar-refractivity contribution in [1.29, 1.82) is 0 Å². The van der Waals surface area contributed by atoms with E-state index in [9.17, 15) is 14.7 Å². The van der Waals surface area contributed by atoms with Crippen molar-refractivity contribution in [2.45, 2.75) is 45.3 Å². The third-order valence-electron chi connectivity index (χ3n) is 3.62. The maximum absolute atomic E-state index is 12.6. The topological polar surface area (TPSA) is 78.9 Å². The number of amides is 2. The lowest BCUT2D eigenvalue weighted by atomic mass is 10.0. The molecule has 1 aliphatic rings. The van der Waals surface area contributed by atoms with Gasteiger partial charge < -0.3 is 20.1 Å². The number of alkyl carbamates (subject to hydrolysis) is 1. The molecule has 2 rings (SSSR count). The van der Waals surface area contributed by atoms with E-state index >= 15 is 0 Å². The zero-order chi connectivity index (χ0) is 17.9. The number of halogens is 1. The summed E-state index contributed by atoms with van der Waals surface area (Å²) in [6.07, 6.45) is 1.03. The molecule has 2 amide bonds. The van der Waals surface area contributed by atoms with Gasteiger partial charge in [-0.1, -0.05) is 11.6 Å². The average molecular weight is 355 g/mol. The highest BCUT2D eigenvalue weighted by Crippen LogP contribution is 2.24. The van der Waals surface area contributed by atoms with Crippen LogP contribution in [0, 0.1) is 0 Å². The number of hydrogen-bond donors (Lipinski definition) is 2. The fraction of sp³-hybridized carbons (Fsp3) is 0.529. The number of phenols is 1. The number of benzene rings is 1. The van der Waals surface area contributed by atoms with Gasteiger partial charge in [0, 0.05) is 24.2 Å². The van der Waals surface area contributed by atoms with E-state index in [-0.39, 0.29) is 23.3 Å². The minimum Gasteiger partial charge on any atom is -0.507 e. The maximum atomic E-state index is 12.6. The lowest BCUT2D eigenvalue weighted by Crippen LogP contribution is -2.50. The quantitative estimate of drug-likeness (QED) is 0.855. The van der Waals surface area contributed by atoms with E-state index in [0.29, 0.717) is 18.1 Å². The summed E-state index contributed by atoms with van der Waals surface area (Å²) in [5.74, 6) is -0.405. The van der Waals surface area contributed by atoms with Crippen LogP contribution in [0.15, 0.2) is 18.2 Å². The SMILES string of the molecule is CC(C)(C)OC(=O)N[C@@H]1CCCN(C(=O)c2cc(Cl)ccc2O)C1. The molecular weight excluding hydrogens is 332 g/mol. The van der Waals surface area contributed by atoms with Crippen LogP contribution in [0.3, 0.4) is 0 Å². The van der Waals surface area contributed by atoms with Crippen LogP contribution >= 0.6 is 11.6 Å². The highest BCUT2D eigenvalue weighted by atomic mass is 35.5. The van der Waals surface area contributed by atoms with Crippen LogP contribution in [0.5, 0.6) is 5.75 Å². The third kappa shape index (κ3) is 5.03. The average Bonchev–Trinajstić information content (AvgIpc) is 2.47. The fourth-order valence-electron chi connectivity index (χ4n) is 2.60. The lowest BCUT2D eigenvalue weighted by Gasteiger charge is -2.33. The number of nitrogens with zero attached hydrogens (tertiary/aromatic N) is 1. The summed E-state index contributed by atoms with van der Waals surface area (Å²) in [5.41, 5.74) is -0.402. The van der Waals surface area contributed by atoms with Crippen molar-refractivity contribution >= 4 is 23.6 Å². The van der Waals surface area contributed by atoms with Crippen LogP contribution in [0.4, 0.5) is 4.79 Å². The van der Waals surface area contributed by atoms with Gasteiger partial charge in [-0.2, -0.15) is 0 Å². The molecular formula is C17H23ClN2O4. The molecule has 1 atom stereocenters. The van der Waals surface area contributed by atoms with E-state index in [2.05, 4.69) is 5.32 Å². The lowest BCUT2D eigenvalue weighted by molar-refractivity contribution is 0.0451. The molecule has 1 aromatic rings. The van der Waals surface area contributed by atoms with Crippen LogP contribution in [-0.2, 0) is 4.74 Å². The summed E-state index contributed by atoms with van der Waals surface area (Å²) in [5, 5.41) is 13.1. The minimum atomic E-state index is -0.569. The Hall–Kier alpha value is -1.95. The second-order valence-electron chi connectivity index (χ2n) is 6.90. The number of carbonyl (C=O) groups excluding carboxylic acids is 2. The highest BCUT2D eigenvalue weighted by Gasteiger charge is 2.28. The van der Waals surface area contributed by atoms with Gasteiger partial charge >= 0.3 is 6.09 Å². The van der Waals surface area contributed by atoms with Gasteiger partial charge in [0.25, 0.3) is 5.91 Å². The molecule has 6 nitrogen and oxygen atoms in total. The van der Waals surface area contributed by atoms with Crippen molar-refractivity contribution < 1.29 is 19.4 Å². The molecule has 0 aliphatic carbocycles. The van der Waals surface area contributed by atoms with Gasteiger partial charge in [0.1, 0.15) is 11.4 Å². The standard InChI is InChI=1S/C17H23ClN2O4/c1-17(2,3)24-16(23)19-12-5-4-8-20(10-12)15(22)13-9-11(18)6-7-14(13)21/h6-7,9,12,21H,4-5,8,10H2,1-3H3,(H,19,23)/t12-/m1/s1. The zero-order valence-electron chi connectivity index (χ0n) is 14.1. The zero-order valence-corrected chi connectivity index (χ0v) is 14.9. The molecule has 24 heavy (non-hydrogen) atoms. The summed E-state index contributed by atoms with van der Waals surface area (Å²) in [4.78, 5) is 26.1. The van der Waals surface area contributed by atoms with E-state index < -0.39 is 11.7 Å². The predicted octanol–water partition coefficient (Wildman–Crippen LogP) is 3.17. The Kier molecular flexibility index (Phi) is 5.59. The Morgan fingerprint density at radius 2 is 2.08 bits per heavy atom. The summed E-state index contributed by atoms with van der Waals surface area (Å²) < 4.78 is 5.24. The number of aromatic hydroxyl groups is 1. The molecule has 0 bridgehead atoms. The van der Waals surface area contributed by atoms with Gasteiger partial charge in [0.15, 0.2) is 0 Å². The predicted molar refractivity (Wildman–Crippen MR) is 91.4 cm³/mol. The van der Waals surface area contributed by atoms with E-state index in [1.807, 2.05) is 0 Å². The van der Waals surface area contributed by atoms with Crippen molar-refractivity contribution in [2.75, 3.05) is 13.1 Å². The van der Waals surface area contributed by atoms with Crippen LogP contribution in [0.25, 0.3) is 0 Å². The van der Waals surface area contributed by atoms with E-state index in [1.54, 1.807) is 25.7 Å². The molecule has 1 saturated heterocycles. The molecule has 0 spiro atoms. The molecule has 0 unspecified atom stereocenters. The maximum Gasteiger partial charge on any atom is 0.407 e. The van der Waals surface area contributed by atoms with Crippen LogP contribution < -0.4 is 5.32 Å². The molecule has 0 aromatic heterocycles. The van der Waals surface area contributed by atoms with Crippen LogP contribution in [0.1, 0.15) is 44.0 Å². The van der Waals surface area contributed by atoms with Gasteiger partial charge in [-0.05, 0) is 51.8 Å². The number of carbonyl (C=O) groups is 2. The third-order valence-corrected chi connectivity index (χ3v) is 3.85. The first-order chi connectivity index (χ1) is 11.2. The molecule has 1 heterocycles. The van der Waals surface area contributed by atoms with Crippen molar-refractivity contribution in [3.8, 4) is 5.75 Å². The van der Waals surface area contributed by atoms with Gasteiger partial charge in [0.2, 0.25) is 0 Å². The van der Waals surface area contributed by atoms with E-state index in [1.165, 1.54) is 18.2 Å². The molecule has 132 valence electrons. The second-order valence-corrected chi connectivity index (χ2v) is 7.33. The first-order valence-electron chi connectivity index (χ1n) is 7.93. The Labute approximate surface area is 146 Å². The molecule has 0 saturated carbocycles. The molecule has 1 fully saturated rings. The summed E-state index contributed by atoms with van der Waals surface area (Å²) in [6, 6.07) is 4.19. The molecule has 2 N–H and O–H groups in total. The molecule has 1 aliphatic heterocycles. The smallest absolute Gasteiger partial charge is 0.407 e. The number of rotatable bonds is 2. The van der Waals surface area contributed by atoms with Crippen molar-refractivity contribution in [2.24, 2.45) is 0 Å². The van der Waals surface area contributed by atoms with E-state index in [4.69, 9.17) is 16.3 Å². The number of piperidine rings is 1. The largest absolute Gasteiger partial charge is 0.507 e. The Balaban J connectivity index is 2.01. The monoisotopic (exact) mass is 354 g/mol. The number of nitrogens with one attached hydrogen (secondary N) is 1. The van der Waals surface area contributed by atoms with Crippen LogP contribution in [0.2, 0.25) is 5.02 Å². The van der Waals surface area contributed by atoms with Crippen molar-refractivity contribution in [1.82, 2.24) is 10.2 Å². The van der Waals surface area contributed by atoms with Crippen molar-refractivity contribution in [3.05, 3.63) is 28.8 Å². The Morgan fingerprint density at radius 3 is 2.75 bits per heavy atom. The molecule has 7 heteroatoms. The first kappa shape index (κ1) is 18.4. The summed E-state index contributed by atoms with van der Waals surface area (Å²) >= 11 is 5.90. The van der Waals surface area contributed by atoms with Crippen LogP contribution in [-0.4, -0.2) is 46.7 Å². The number of ether oxygens (including phenoxy) is 1. The number of hydrogen-bond acceptors (Lipinski definition) is 4. The summed E-state index contributed by atoms with van der Waals surface area (Å²) in [6.45, 7) is 6.32. The molecule has 0 radical (unpaired) electrons. The fourth-order valence-corrected chi connectivity index (χ4v) is 2.78. The Morgan fingerprint density at radius 1 is 1.38 bits per heavy atom. The number of phenolic OH excluding ortho intramolecular Hbond substituents is 1. The van der Waals surface area contributed by atoms with Gasteiger partial charge in [0.05, 0.1) is 5.56 Å². The second kappa shape index (κ2) is 7.30. The molecule has 1 aromatic carbocycles. The number of likely N-dealkylation sites (tertiary alicyclic amines) is 1. The summed E-state index contributed by atoms with van der Waals surface area (Å²) in [7, 11) is 0. The van der Waals surface area contributed by atoms with Crippen molar-refractivity contribution in [3.63, 3.8) is 0 Å². The first-order valence-corrected chi connectivity index (χ1v) is 8.31. The van der Waals surface area contributed by atoms with Gasteiger partial charge in [-0.25, -0.2) is 4.79 Å².